The Morgan fingerprint density at radius 2 is 1.76 bits per heavy atom. The number of nitrogens with one attached hydrogen (secondary N) is 1. The molecule has 180 valence electrons. The number of carbonyl (C=O) groups is 1. The Morgan fingerprint density at radius 3 is 2.55 bits per heavy atom. The molecule has 0 fully saturated rings. The number of ether oxygens (including phenoxy) is 1. The minimum atomic E-state index is -0.360. The van der Waals surface area contributed by atoms with Crippen molar-refractivity contribution in [2.75, 3.05) is 31.6 Å². The van der Waals surface area contributed by atoms with E-state index < -0.39 is 0 Å². The molecule has 3 rings (SSSR count). The number of nitrogens with zero attached hydrogens (tertiary/aromatic N) is 2. The van der Waals surface area contributed by atoms with Crippen molar-refractivity contribution in [1.82, 2.24) is 10.3 Å². The van der Waals surface area contributed by atoms with Crippen LogP contribution in [0.15, 0.2) is 30.6 Å². The number of carbonyl (C=O) groups excluding carboxylic acids is 1. The molecule has 0 unspecified atom stereocenters. The fourth-order valence-corrected chi connectivity index (χ4v) is 4.28. The van der Waals surface area contributed by atoms with Crippen LogP contribution in [0.2, 0.25) is 0 Å². The van der Waals surface area contributed by atoms with Crippen LogP contribution in [0.1, 0.15) is 70.3 Å². The number of pyridine rings is 1. The Labute approximate surface area is 197 Å². The quantitative estimate of drug-likeness (QED) is 0.360. The van der Waals surface area contributed by atoms with Gasteiger partial charge < -0.3 is 15.0 Å². The third-order valence-electron chi connectivity index (χ3n) is 6.29. The third kappa shape index (κ3) is 7.53. The van der Waals surface area contributed by atoms with E-state index in [0.717, 1.165) is 18.7 Å². The van der Waals surface area contributed by atoms with E-state index in [1.54, 1.807) is 19.4 Å². The van der Waals surface area contributed by atoms with Crippen LogP contribution >= 0.6 is 0 Å². The molecule has 0 saturated carbocycles. The molecule has 0 bridgehead atoms. The first-order valence-corrected chi connectivity index (χ1v) is 12.5. The fraction of sp³-hybridized carbons (Fsp3) is 0.556. The number of aryl methyl sites for hydroxylation is 1. The molecular weight excluding hydrogens is 417 g/mol. The first kappa shape index (κ1) is 25.2. The Morgan fingerprint density at radius 1 is 1.00 bits per heavy atom. The summed E-state index contributed by atoms with van der Waals surface area (Å²) in [5.41, 5.74) is 2.79. The number of benzene rings is 1. The van der Waals surface area contributed by atoms with Crippen molar-refractivity contribution < 1.29 is 13.9 Å². The molecule has 0 aliphatic carbocycles. The highest BCUT2D eigenvalue weighted by atomic mass is 19.1. The van der Waals surface area contributed by atoms with Gasteiger partial charge in [-0.05, 0) is 43.1 Å². The van der Waals surface area contributed by atoms with Crippen LogP contribution in [0.5, 0.6) is 5.75 Å². The average molecular weight is 456 g/mol. The van der Waals surface area contributed by atoms with E-state index in [-0.39, 0.29) is 11.7 Å². The predicted molar refractivity (Wildman–Crippen MR) is 132 cm³/mol. The van der Waals surface area contributed by atoms with Crippen LogP contribution in [0.25, 0.3) is 11.1 Å². The second kappa shape index (κ2) is 13.3. The van der Waals surface area contributed by atoms with Gasteiger partial charge in [-0.15, -0.1) is 0 Å². The first-order chi connectivity index (χ1) is 16.1. The van der Waals surface area contributed by atoms with Crippen molar-refractivity contribution in [2.24, 2.45) is 0 Å². The second-order valence-corrected chi connectivity index (χ2v) is 8.90. The molecule has 0 spiro atoms. The normalized spacial score (nSPS) is 13.3. The van der Waals surface area contributed by atoms with Crippen molar-refractivity contribution >= 4 is 11.6 Å². The number of aromatic nitrogens is 1. The standard InChI is InChI=1S/C27H38FN3O2/c1-3-4-5-6-7-8-9-10-13-29-14-15-33-23-16-22(19-30-20-23)24-17-21-11-12-27(32)31(2)26(21)18-25(24)28/h16-20,29H,3-15H2,1-2H3. The SMILES string of the molecule is CCCCCCCCCCNCCOc1cncc(-c2cc3c(cc2F)N(C)C(=O)CC3)c1. The van der Waals surface area contributed by atoms with Crippen molar-refractivity contribution in [3.8, 4) is 16.9 Å². The molecular formula is C27H38FN3O2. The molecule has 33 heavy (non-hydrogen) atoms. The van der Waals surface area contributed by atoms with Crippen molar-refractivity contribution in [3.05, 3.63) is 42.0 Å². The number of rotatable bonds is 14. The third-order valence-corrected chi connectivity index (χ3v) is 6.29. The van der Waals surface area contributed by atoms with Gasteiger partial charge in [0, 0.05) is 43.0 Å². The lowest BCUT2D eigenvalue weighted by molar-refractivity contribution is -0.118. The van der Waals surface area contributed by atoms with Crippen LogP contribution in [0, 0.1) is 5.82 Å². The number of anilines is 1. The van der Waals surface area contributed by atoms with Gasteiger partial charge in [-0.1, -0.05) is 51.9 Å². The Hall–Kier alpha value is -2.47. The van der Waals surface area contributed by atoms with Gasteiger partial charge in [-0.3, -0.25) is 9.78 Å². The lowest BCUT2D eigenvalue weighted by Gasteiger charge is -2.26. The summed E-state index contributed by atoms with van der Waals surface area (Å²) in [7, 11) is 1.69. The summed E-state index contributed by atoms with van der Waals surface area (Å²) in [6.07, 6.45) is 14.9. The molecule has 1 aliphatic rings. The zero-order valence-electron chi connectivity index (χ0n) is 20.2. The van der Waals surface area contributed by atoms with Crippen LogP contribution in [-0.2, 0) is 11.2 Å². The van der Waals surface area contributed by atoms with Gasteiger partial charge in [0.15, 0.2) is 0 Å². The van der Waals surface area contributed by atoms with E-state index in [0.29, 0.717) is 42.0 Å². The monoisotopic (exact) mass is 455 g/mol. The van der Waals surface area contributed by atoms with E-state index in [9.17, 15) is 9.18 Å². The first-order valence-electron chi connectivity index (χ1n) is 12.5. The largest absolute Gasteiger partial charge is 0.491 e. The molecule has 1 aromatic carbocycles. The Kier molecular flexibility index (Phi) is 10.1. The van der Waals surface area contributed by atoms with E-state index in [1.807, 2.05) is 12.1 Å². The van der Waals surface area contributed by atoms with Crippen LogP contribution < -0.4 is 15.0 Å². The summed E-state index contributed by atoms with van der Waals surface area (Å²) in [6, 6.07) is 5.11. The molecule has 2 heterocycles. The van der Waals surface area contributed by atoms with Crippen molar-refractivity contribution in [2.45, 2.75) is 71.1 Å². The van der Waals surface area contributed by atoms with Crippen LogP contribution in [0.4, 0.5) is 10.1 Å². The number of hydrogen-bond acceptors (Lipinski definition) is 4. The van der Waals surface area contributed by atoms with E-state index in [1.165, 1.54) is 62.3 Å². The molecule has 6 heteroatoms. The topological polar surface area (TPSA) is 54.5 Å². The van der Waals surface area contributed by atoms with Gasteiger partial charge in [0.05, 0.1) is 6.20 Å². The summed E-state index contributed by atoms with van der Waals surface area (Å²) >= 11 is 0. The molecule has 1 amide bonds. The number of fused-ring (bicyclic) bond motifs is 1. The van der Waals surface area contributed by atoms with Gasteiger partial charge in [0.2, 0.25) is 5.91 Å². The minimum absolute atomic E-state index is 0.0164. The molecule has 2 aromatic rings. The number of unbranched alkanes of at least 4 members (excludes halogenated alkanes) is 7. The zero-order valence-corrected chi connectivity index (χ0v) is 20.2. The maximum absolute atomic E-state index is 14.8. The summed E-state index contributed by atoms with van der Waals surface area (Å²) in [5, 5.41) is 3.43. The zero-order chi connectivity index (χ0) is 23.5. The van der Waals surface area contributed by atoms with Gasteiger partial charge in [0.1, 0.15) is 18.2 Å². The number of halogens is 1. The Balaban J connectivity index is 1.41. The van der Waals surface area contributed by atoms with Crippen LogP contribution in [-0.4, -0.2) is 37.6 Å². The Bertz CT molecular complexity index is 903. The number of hydrogen-bond donors (Lipinski definition) is 1. The second-order valence-electron chi connectivity index (χ2n) is 8.90. The lowest BCUT2D eigenvalue weighted by Crippen LogP contribution is -2.31. The van der Waals surface area contributed by atoms with E-state index in [2.05, 4.69) is 17.2 Å². The minimum Gasteiger partial charge on any atom is -0.491 e. The molecule has 5 nitrogen and oxygen atoms in total. The molecule has 1 N–H and O–H groups in total. The van der Waals surface area contributed by atoms with Gasteiger partial charge in [0.25, 0.3) is 0 Å². The summed E-state index contributed by atoms with van der Waals surface area (Å²) < 4.78 is 20.7. The highest BCUT2D eigenvalue weighted by Gasteiger charge is 2.23. The molecule has 0 radical (unpaired) electrons. The lowest BCUT2D eigenvalue weighted by atomic mass is 9.96. The van der Waals surface area contributed by atoms with E-state index >= 15 is 0 Å². The average Bonchev–Trinajstić information content (AvgIpc) is 2.82. The van der Waals surface area contributed by atoms with Gasteiger partial charge >= 0.3 is 0 Å². The maximum Gasteiger partial charge on any atom is 0.227 e. The summed E-state index contributed by atoms with van der Waals surface area (Å²) in [5.74, 6) is 0.287. The molecule has 0 saturated heterocycles. The van der Waals surface area contributed by atoms with Crippen molar-refractivity contribution in [1.29, 1.82) is 0 Å². The smallest absolute Gasteiger partial charge is 0.227 e. The molecule has 1 aliphatic heterocycles. The highest BCUT2D eigenvalue weighted by Crippen LogP contribution is 2.34. The van der Waals surface area contributed by atoms with Gasteiger partial charge in [-0.2, -0.15) is 0 Å². The van der Waals surface area contributed by atoms with E-state index in [4.69, 9.17) is 4.74 Å². The summed E-state index contributed by atoms with van der Waals surface area (Å²) in [6.45, 7) is 4.57. The summed E-state index contributed by atoms with van der Waals surface area (Å²) in [4.78, 5) is 17.7. The highest BCUT2D eigenvalue weighted by molar-refractivity contribution is 5.96. The molecule has 0 atom stereocenters. The van der Waals surface area contributed by atoms with Gasteiger partial charge in [-0.25, -0.2) is 4.39 Å². The predicted octanol–water partition coefficient (Wildman–Crippen LogP) is 5.91. The fourth-order valence-electron chi connectivity index (χ4n) is 4.28. The van der Waals surface area contributed by atoms with Crippen LogP contribution in [0.3, 0.4) is 0 Å². The maximum atomic E-state index is 14.8. The molecule has 1 aromatic heterocycles. The number of amides is 1. The van der Waals surface area contributed by atoms with Crippen molar-refractivity contribution in [3.63, 3.8) is 0 Å².